The van der Waals surface area contributed by atoms with E-state index in [9.17, 15) is 14.4 Å². The maximum Gasteiger partial charge on any atom is 0.306 e. The van der Waals surface area contributed by atoms with Crippen LogP contribution in [0.25, 0.3) is 0 Å². The topological polar surface area (TPSA) is 84.9 Å². The first-order chi connectivity index (χ1) is 28.0. The van der Waals surface area contributed by atoms with Crippen LogP contribution in [-0.4, -0.2) is 67.3 Å². The Bertz CT molecular complexity index is 846. The summed E-state index contributed by atoms with van der Waals surface area (Å²) in [5.41, 5.74) is 0. The Labute approximate surface area is 359 Å². The van der Waals surface area contributed by atoms with Crippen molar-refractivity contribution in [2.24, 2.45) is 0 Å². The maximum atomic E-state index is 12.8. The molecule has 0 aromatic carbocycles. The average Bonchev–Trinajstić information content (AvgIpc) is 3.21. The molecular formula is C49H96N2O5S. The molecule has 7 nitrogen and oxygen atoms in total. The monoisotopic (exact) mass is 825 g/mol. The molecule has 0 spiro atoms. The molecule has 0 rings (SSSR count). The molecule has 57 heavy (non-hydrogen) atoms. The van der Waals surface area contributed by atoms with E-state index in [4.69, 9.17) is 9.47 Å². The van der Waals surface area contributed by atoms with Gasteiger partial charge in [-0.1, -0.05) is 174 Å². The van der Waals surface area contributed by atoms with Gasteiger partial charge in [0.1, 0.15) is 18.5 Å². The molecule has 0 amide bonds. The number of rotatable bonds is 47. The molecular weight excluding hydrogens is 729 g/mol. The minimum absolute atomic E-state index is 0.00917. The number of ether oxygens (including phenoxy) is 2. The zero-order valence-corrected chi connectivity index (χ0v) is 39.2. The molecule has 8 heteroatoms. The number of unbranched alkanes of at least 4 members (excludes halogenated alkanes) is 23. The van der Waals surface area contributed by atoms with E-state index in [1.807, 2.05) is 0 Å². The SMILES string of the molecule is CCCCCCCCC(CC)OC(=O)CCCCCCCN(CCCCCCCC(=O)OC(CCCCCCCC)CCCCCCCC)CCCNSCC=O. The maximum absolute atomic E-state index is 12.8. The van der Waals surface area contributed by atoms with E-state index < -0.39 is 0 Å². The molecule has 1 unspecified atom stereocenters. The van der Waals surface area contributed by atoms with Crippen LogP contribution in [0.4, 0.5) is 0 Å². The van der Waals surface area contributed by atoms with Crippen molar-refractivity contribution in [3.05, 3.63) is 0 Å². The second-order valence-corrected chi connectivity index (χ2v) is 17.8. The fraction of sp³-hybridized carbons (Fsp3) is 0.939. The van der Waals surface area contributed by atoms with Gasteiger partial charge in [0.2, 0.25) is 0 Å². The highest BCUT2D eigenvalue weighted by atomic mass is 32.2. The number of hydrogen-bond donors (Lipinski definition) is 1. The second-order valence-electron chi connectivity index (χ2n) is 16.9. The normalized spacial score (nSPS) is 12.1. The van der Waals surface area contributed by atoms with Gasteiger partial charge in [0.15, 0.2) is 0 Å². The zero-order valence-electron chi connectivity index (χ0n) is 38.4. The Kier molecular flexibility index (Phi) is 45.1. The first-order valence-corrected chi connectivity index (χ1v) is 25.9. The van der Waals surface area contributed by atoms with Crippen molar-refractivity contribution in [3.63, 3.8) is 0 Å². The van der Waals surface area contributed by atoms with Crippen molar-refractivity contribution >= 4 is 30.2 Å². The van der Waals surface area contributed by atoms with Crippen LogP contribution in [0.5, 0.6) is 0 Å². The summed E-state index contributed by atoms with van der Waals surface area (Å²) in [7, 11) is 0. The van der Waals surface area contributed by atoms with Gasteiger partial charge in [0.05, 0.1) is 5.75 Å². The molecule has 0 radical (unpaired) electrons. The standard InChI is InChI=1S/C49H96N2O5S/c1-5-9-12-15-20-27-35-46(8-4)55-48(53)38-30-23-18-25-32-41-51(43-34-40-50-57-45-44-52)42-33-26-19-24-31-39-49(54)56-47(36-28-21-16-13-10-6-2)37-29-22-17-14-11-7-3/h44,46-47,50H,5-43,45H2,1-4H3. The molecule has 0 aliphatic carbocycles. The van der Waals surface area contributed by atoms with E-state index >= 15 is 0 Å². The number of nitrogens with zero attached hydrogens (tertiary/aromatic N) is 1. The van der Waals surface area contributed by atoms with Crippen molar-refractivity contribution in [1.82, 2.24) is 9.62 Å². The fourth-order valence-corrected chi connectivity index (χ4v) is 8.18. The van der Waals surface area contributed by atoms with E-state index in [2.05, 4.69) is 37.3 Å². The summed E-state index contributed by atoms with van der Waals surface area (Å²) in [6, 6.07) is 0. The van der Waals surface area contributed by atoms with E-state index in [1.165, 1.54) is 166 Å². The number of aldehydes is 1. The molecule has 338 valence electrons. The van der Waals surface area contributed by atoms with Gasteiger partial charge in [0.25, 0.3) is 0 Å². The number of hydrogen-bond acceptors (Lipinski definition) is 8. The molecule has 0 aromatic heterocycles. The Hall–Kier alpha value is -1.12. The van der Waals surface area contributed by atoms with Crippen LogP contribution in [0, 0.1) is 0 Å². The molecule has 0 aromatic rings. The van der Waals surface area contributed by atoms with Gasteiger partial charge in [-0.2, -0.15) is 0 Å². The second kappa shape index (κ2) is 46.0. The zero-order chi connectivity index (χ0) is 41.7. The van der Waals surface area contributed by atoms with Gasteiger partial charge in [-0.3, -0.25) is 14.3 Å². The molecule has 0 aliphatic rings. The van der Waals surface area contributed by atoms with Crippen LogP contribution in [-0.2, 0) is 23.9 Å². The number of nitrogens with one attached hydrogen (secondary N) is 1. The van der Waals surface area contributed by atoms with Gasteiger partial charge in [-0.25, -0.2) is 0 Å². The lowest BCUT2D eigenvalue weighted by Gasteiger charge is -2.22. The third kappa shape index (κ3) is 41.4. The van der Waals surface area contributed by atoms with Crippen molar-refractivity contribution in [2.45, 2.75) is 265 Å². The lowest BCUT2D eigenvalue weighted by Crippen LogP contribution is -2.29. The summed E-state index contributed by atoms with van der Waals surface area (Å²) < 4.78 is 15.2. The van der Waals surface area contributed by atoms with Crippen LogP contribution >= 0.6 is 11.9 Å². The highest BCUT2D eigenvalue weighted by Crippen LogP contribution is 2.19. The summed E-state index contributed by atoms with van der Waals surface area (Å²) in [6.07, 6.45) is 41.5. The minimum atomic E-state index is -0.00917. The molecule has 0 heterocycles. The molecule has 0 saturated heterocycles. The van der Waals surface area contributed by atoms with E-state index in [-0.39, 0.29) is 24.1 Å². The quantitative estimate of drug-likeness (QED) is 0.0281. The summed E-state index contributed by atoms with van der Waals surface area (Å²) in [6.45, 7) is 13.1. The third-order valence-electron chi connectivity index (χ3n) is 11.4. The van der Waals surface area contributed by atoms with E-state index in [0.29, 0.717) is 18.6 Å². The number of esters is 2. The van der Waals surface area contributed by atoms with Gasteiger partial charge in [-0.15, -0.1) is 0 Å². The van der Waals surface area contributed by atoms with Gasteiger partial charge in [0, 0.05) is 19.4 Å². The summed E-state index contributed by atoms with van der Waals surface area (Å²) in [5, 5.41) is 0. The smallest absolute Gasteiger partial charge is 0.306 e. The van der Waals surface area contributed by atoms with Crippen LogP contribution in [0.3, 0.4) is 0 Å². The molecule has 0 aliphatic heterocycles. The van der Waals surface area contributed by atoms with Crippen LogP contribution in [0.1, 0.15) is 252 Å². The van der Waals surface area contributed by atoms with E-state index in [1.54, 1.807) is 0 Å². The Morgan fingerprint density at radius 1 is 0.491 bits per heavy atom. The van der Waals surface area contributed by atoms with Gasteiger partial charge in [-0.05, 0) is 96.7 Å². The number of carbonyl (C=O) groups excluding carboxylic acids is 3. The summed E-state index contributed by atoms with van der Waals surface area (Å²) in [5.74, 6) is 0.508. The third-order valence-corrected chi connectivity index (χ3v) is 12.1. The molecule has 0 bridgehead atoms. The van der Waals surface area contributed by atoms with Crippen molar-refractivity contribution in [2.75, 3.05) is 31.9 Å². The largest absolute Gasteiger partial charge is 0.462 e. The predicted molar refractivity (Wildman–Crippen MR) is 247 cm³/mol. The first-order valence-electron chi connectivity index (χ1n) is 24.9. The van der Waals surface area contributed by atoms with E-state index in [0.717, 1.165) is 90.3 Å². The molecule has 0 saturated carbocycles. The minimum Gasteiger partial charge on any atom is -0.462 e. The Morgan fingerprint density at radius 2 is 0.860 bits per heavy atom. The fourth-order valence-electron chi connectivity index (χ4n) is 7.70. The lowest BCUT2D eigenvalue weighted by atomic mass is 10.0. The van der Waals surface area contributed by atoms with Gasteiger partial charge >= 0.3 is 11.9 Å². The summed E-state index contributed by atoms with van der Waals surface area (Å²) in [4.78, 5) is 38.5. The first kappa shape index (κ1) is 55.9. The Morgan fingerprint density at radius 3 is 1.30 bits per heavy atom. The number of carbonyl (C=O) groups is 3. The summed E-state index contributed by atoms with van der Waals surface area (Å²) >= 11 is 1.49. The predicted octanol–water partition coefficient (Wildman–Crippen LogP) is 14.3. The highest BCUT2D eigenvalue weighted by molar-refractivity contribution is 7.97. The molecule has 0 fully saturated rings. The van der Waals surface area contributed by atoms with Crippen molar-refractivity contribution in [3.8, 4) is 0 Å². The molecule has 1 N–H and O–H groups in total. The average molecular weight is 825 g/mol. The van der Waals surface area contributed by atoms with Crippen molar-refractivity contribution < 1.29 is 23.9 Å². The molecule has 1 atom stereocenters. The van der Waals surface area contributed by atoms with Crippen molar-refractivity contribution in [1.29, 1.82) is 0 Å². The van der Waals surface area contributed by atoms with Crippen LogP contribution in [0.2, 0.25) is 0 Å². The van der Waals surface area contributed by atoms with Crippen LogP contribution in [0.15, 0.2) is 0 Å². The van der Waals surface area contributed by atoms with Crippen LogP contribution < -0.4 is 4.72 Å². The lowest BCUT2D eigenvalue weighted by molar-refractivity contribution is -0.150. The highest BCUT2D eigenvalue weighted by Gasteiger charge is 2.15. The Balaban J connectivity index is 4.37. The van der Waals surface area contributed by atoms with Gasteiger partial charge < -0.3 is 19.2 Å².